The highest BCUT2D eigenvalue weighted by atomic mass is 35.5. The van der Waals surface area contributed by atoms with E-state index >= 15 is 0 Å². The van der Waals surface area contributed by atoms with Crippen molar-refractivity contribution in [2.75, 3.05) is 13.2 Å². The molecule has 1 N–H and O–H groups in total. The topological polar surface area (TPSA) is 72.6 Å². The van der Waals surface area contributed by atoms with Crippen molar-refractivity contribution in [3.63, 3.8) is 0 Å². The Hall–Kier alpha value is -1.33. The van der Waals surface area contributed by atoms with Gasteiger partial charge in [-0.05, 0) is 6.07 Å². The van der Waals surface area contributed by atoms with Crippen molar-refractivity contribution >= 4 is 17.3 Å². The lowest BCUT2D eigenvalue weighted by Gasteiger charge is -2.03. The Labute approximate surface area is 85.0 Å². The first-order chi connectivity index (χ1) is 6.65. The molecule has 0 fully saturated rings. The molecule has 0 heterocycles. The summed E-state index contributed by atoms with van der Waals surface area (Å²) in [6.45, 7) is 0.0166. The van der Waals surface area contributed by atoms with Crippen molar-refractivity contribution in [3.8, 4) is 5.75 Å². The van der Waals surface area contributed by atoms with E-state index in [-0.39, 0.29) is 23.9 Å². The Bertz CT molecular complexity index is 342. The monoisotopic (exact) mass is 217 g/mol. The maximum absolute atomic E-state index is 10.4. The third-order valence-electron chi connectivity index (χ3n) is 1.48. The summed E-state index contributed by atoms with van der Waals surface area (Å²) < 4.78 is 5.01. The van der Waals surface area contributed by atoms with E-state index in [9.17, 15) is 10.1 Å². The molecule has 0 atom stereocenters. The van der Waals surface area contributed by atoms with Gasteiger partial charge in [-0.1, -0.05) is 11.6 Å². The quantitative estimate of drug-likeness (QED) is 0.614. The lowest BCUT2D eigenvalue weighted by atomic mass is 10.3. The van der Waals surface area contributed by atoms with Gasteiger partial charge in [-0.25, -0.2) is 0 Å². The van der Waals surface area contributed by atoms with Gasteiger partial charge in [0.2, 0.25) is 0 Å². The number of nitrogens with zero attached hydrogens (tertiary/aromatic N) is 1. The van der Waals surface area contributed by atoms with Crippen molar-refractivity contribution in [2.45, 2.75) is 0 Å². The van der Waals surface area contributed by atoms with Crippen molar-refractivity contribution in [2.24, 2.45) is 0 Å². The minimum Gasteiger partial charge on any atom is -0.491 e. The molecule has 0 unspecified atom stereocenters. The number of ether oxygens (including phenoxy) is 1. The molecule has 0 saturated heterocycles. The van der Waals surface area contributed by atoms with Gasteiger partial charge >= 0.3 is 0 Å². The molecule has 1 rings (SSSR count). The lowest BCUT2D eigenvalue weighted by molar-refractivity contribution is -0.384. The molecule has 1 aromatic rings. The Morgan fingerprint density at radius 3 is 2.79 bits per heavy atom. The average molecular weight is 218 g/mol. The zero-order chi connectivity index (χ0) is 10.6. The molecule has 0 aliphatic heterocycles. The van der Waals surface area contributed by atoms with E-state index < -0.39 is 4.92 Å². The first-order valence-electron chi connectivity index (χ1n) is 3.82. The molecule has 0 amide bonds. The van der Waals surface area contributed by atoms with Gasteiger partial charge in [0.15, 0.2) is 0 Å². The summed E-state index contributed by atoms with van der Waals surface area (Å²) in [5.74, 6) is 0.398. The predicted octanol–water partition coefficient (Wildman–Crippen LogP) is 1.62. The zero-order valence-corrected chi connectivity index (χ0v) is 7.90. The van der Waals surface area contributed by atoms with E-state index in [4.69, 9.17) is 21.4 Å². The van der Waals surface area contributed by atoms with Gasteiger partial charge in [-0.2, -0.15) is 0 Å². The normalized spacial score (nSPS) is 9.86. The standard InChI is InChI=1S/C8H8ClNO4/c9-7-5-6(14-4-3-11)1-2-8(7)10(12)13/h1-2,5,11H,3-4H2. The average Bonchev–Trinajstić information content (AvgIpc) is 2.14. The highest BCUT2D eigenvalue weighted by Crippen LogP contribution is 2.28. The highest BCUT2D eigenvalue weighted by Gasteiger charge is 2.12. The Balaban J connectivity index is 2.83. The van der Waals surface area contributed by atoms with E-state index in [1.807, 2.05) is 0 Å². The SMILES string of the molecule is O=[N+]([O-])c1ccc(OCCO)cc1Cl. The van der Waals surface area contributed by atoms with Crippen LogP contribution in [0.4, 0.5) is 5.69 Å². The van der Waals surface area contributed by atoms with Crippen LogP contribution in [-0.4, -0.2) is 23.2 Å². The van der Waals surface area contributed by atoms with E-state index in [1.54, 1.807) is 0 Å². The summed E-state index contributed by atoms with van der Waals surface area (Å²) >= 11 is 5.62. The Kier molecular flexibility index (Phi) is 3.67. The first-order valence-corrected chi connectivity index (χ1v) is 4.20. The van der Waals surface area contributed by atoms with Gasteiger partial charge in [-0.3, -0.25) is 10.1 Å². The fourth-order valence-electron chi connectivity index (χ4n) is 0.889. The van der Waals surface area contributed by atoms with Crippen LogP contribution in [0.15, 0.2) is 18.2 Å². The summed E-state index contributed by atoms with van der Waals surface area (Å²) in [6.07, 6.45) is 0. The summed E-state index contributed by atoms with van der Waals surface area (Å²) in [4.78, 5) is 9.82. The summed E-state index contributed by atoms with van der Waals surface area (Å²) in [5.41, 5.74) is -0.164. The number of hydrogen-bond donors (Lipinski definition) is 1. The third-order valence-corrected chi connectivity index (χ3v) is 1.78. The number of aliphatic hydroxyl groups excluding tert-OH is 1. The number of benzene rings is 1. The van der Waals surface area contributed by atoms with Crippen molar-refractivity contribution in [1.82, 2.24) is 0 Å². The first kappa shape index (κ1) is 10.7. The zero-order valence-electron chi connectivity index (χ0n) is 7.14. The maximum Gasteiger partial charge on any atom is 0.288 e. The van der Waals surface area contributed by atoms with Gasteiger partial charge in [-0.15, -0.1) is 0 Å². The molecule has 0 aliphatic carbocycles. The number of halogens is 1. The second-order valence-electron chi connectivity index (χ2n) is 2.44. The predicted molar refractivity (Wildman–Crippen MR) is 50.7 cm³/mol. The molecule has 0 saturated carbocycles. The summed E-state index contributed by atoms with van der Waals surface area (Å²) in [5, 5.41) is 18.9. The Morgan fingerprint density at radius 2 is 2.29 bits per heavy atom. The van der Waals surface area contributed by atoms with Gasteiger partial charge < -0.3 is 9.84 Å². The van der Waals surface area contributed by atoms with Crippen LogP contribution in [-0.2, 0) is 0 Å². The van der Waals surface area contributed by atoms with Gasteiger partial charge in [0.05, 0.1) is 11.5 Å². The van der Waals surface area contributed by atoms with Crippen molar-refractivity contribution in [3.05, 3.63) is 33.3 Å². The van der Waals surface area contributed by atoms with Gasteiger partial charge in [0, 0.05) is 12.1 Å². The largest absolute Gasteiger partial charge is 0.491 e. The van der Waals surface area contributed by atoms with E-state index in [1.165, 1.54) is 18.2 Å². The molecular formula is C8H8ClNO4. The van der Waals surface area contributed by atoms with Crippen LogP contribution < -0.4 is 4.74 Å². The molecule has 0 spiro atoms. The second-order valence-corrected chi connectivity index (χ2v) is 2.85. The molecule has 76 valence electrons. The molecule has 0 aromatic heterocycles. The van der Waals surface area contributed by atoms with Crippen LogP contribution in [0.25, 0.3) is 0 Å². The maximum atomic E-state index is 10.4. The molecular weight excluding hydrogens is 210 g/mol. The molecule has 0 bridgehead atoms. The number of aliphatic hydroxyl groups is 1. The smallest absolute Gasteiger partial charge is 0.288 e. The molecule has 1 aromatic carbocycles. The number of nitro benzene ring substituents is 1. The summed E-state index contributed by atoms with van der Waals surface area (Å²) in [7, 11) is 0. The summed E-state index contributed by atoms with van der Waals surface area (Å²) in [6, 6.07) is 4.03. The van der Waals surface area contributed by atoms with Crippen molar-refractivity contribution < 1.29 is 14.8 Å². The van der Waals surface area contributed by atoms with E-state index in [0.717, 1.165) is 0 Å². The van der Waals surface area contributed by atoms with Crippen LogP contribution in [0.3, 0.4) is 0 Å². The number of rotatable bonds is 4. The number of hydrogen-bond acceptors (Lipinski definition) is 4. The van der Waals surface area contributed by atoms with Gasteiger partial charge in [0.25, 0.3) is 5.69 Å². The van der Waals surface area contributed by atoms with Crippen LogP contribution in [0, 0.1) is 10.1 Å². The van der Waals surface area contributed by atoms with Crippen molar-refractivity contribution in [1.29, 1.82) is 0 Å². The molecule has 14 heavy (non-hydrogen) atoms. The molecule has 5 nitrogen and oxygen atoms in total. The Morgan fingerprint density at radius 1 is 1.57 bits per heavy atom. The fourth-order valence-corrected chi connectivity index (χ4v) is 1.13. The van der Waals surface area contributed by atoms with Gasteiger partial charge in [0.1, 0.15) is 17.4 Å². The highest BCUT2D eigenvalue weighted by molar-refractivity contribution is 6.32. The minimum atomic E-state index is -0.571. The molecule has 6 heteroatoms. The molecule has 0 aliphatic rings. The van der Waals surface area contributed by atoms with E-state index in [0.29, 0.717) is 5.75 Å². The van der Waals surface area contributed by atoms with Crippen LogP contribution >= 0.6 is 11.6 Å². The third kappa shape index (κ3) is 2.58. The van der Waals surface area contributed by atoms with Crippen LogP contribution in [0.2, 0.25) is 5.02 Å². The van der Waals surface area contributed by atoms with Crippen LogP contribution in [0.5, 0.6) is 5.75 Å². The lowest BCUT2D eigenvalue weighted by Crippen LogP contribution is -2.01. The van der Waals surface area contributed by atoms with E-state index in [2.05, 4.69) is 0 Å². The second kappa shape index (κ2) is 4.78. The minimum absolute atomic E-state index is 0.0189. The molecule has 0 radical (unpaired) electrons. The van der Waals surface area contributed by atoms with Crippen LogP contribution in [0.1, 0.15) is 0 Å². The fraction of sp³-hybridized carbons (Fsp3) is 0.250. The number of nitro groups is 1.